The lowest BCUT2D eigenvalue weighted by atomic mass is 9.92. The first-order valence-electron chi connectivity index (χ1n) is 13.0. The number of nitrogens with one attached hydrogen (secondary N) is 2. The Morgan fingerprint density at radius 3 is 2.27 bits per heavy atom. The van der Waals surface area contributed by atoms with Crippen LogP contribution in [0.5, 0.6) is 0 Å². The average Bonchev–Trinajstić information content (AvgIpc) is 2.85. The number of terminal acetylenes is 1. The van der Waals surface area contributed by atoms with Crippen LogP contribution in [-0.2, 0) is 14.3 Å². The van der Waals surface area contributed by atoms with Crippen molar-refractivity contribution in [2.24, 2.45) is 0 Å². The Balaban J connectivity index is 2.68. The van der Waals surface area contributed by atoms with E-state index in [0.717, 1.165) is 5.56 Å². The minimum Gasteiger partial charge on any atom is -0.444 e. The first kappa shape index (κ1) is 33.1. The van der Waals surface area contributed by atoms with Crippen molar-refractivity contribution in [2.75, 3.05) is 17.3 Å². The number of nitrogens with zero attached hydrogens (tertiary/aromatic N) is 1. The van der Waals surface area contributed by atoms with Crippen molar-refractivity contribution in [1.82, 2.24) is 10.2 Å². The van der Waals surface area contributed by atoms with Gasteiger partial charge < -0.3 is 20.3 Å². The van der Waals surface area contributed by atoms with Gasteiger partial charge >= 0.3 is 6.09 Å². The number of amides is 3. The second kappa shape index (κ2) is 14.0. The van der Waals surface area contributed by atoms with Gasteiger partial charge in [-0.15, -0.1) is 6.42 Å². The molecule has 2 rings (SSSR count). The van der Waals surface area contributed by atoms with Crippen molar-refractivity contribution in [1.29, 1.82) is 0 Å². The maximum absolute atomic E-state index is 14.4. The van der Waals surface area contributed by atoms with Crippen LogP contribution in [0.3, 0.4) is 0 Å². The molecular weight excluding hydrogens is 546 g/mol. The molecule has 0 bridgehead atoms. The van der Waals surface area contributed by atoms with Crippen LogP contribution in [0.15, 0.2) is 42.5 Å². The fraction of sp³-hybridized carbons (Fsp3) is 0.452. The Bertz CT molecular complexity index is 1240. The van der Waals surface area contributed by atoms with E-state index in [-0.39, 0.29) is 0 Å². The molecule has 0 saturated heterocycles. The van der Waals surface area contributed by atoms with Crippen molar-refractivity contribution < 1.29 is 19.1 Å². The van der Waals surface area contributed by atoms with Crippen molar-refractivity contribution in [3.63, 3.8) is 0 Å². The van der Waals surface area contributed by atoms with Crippen LogP contribution < -0.4 is 10.6 Å². The molecule has 0 spiro atoms. The number of carbonyl (C=O) groups excluding carboxylic acids is 3. The van der Waals surface area contributed by atoms with Crippen LogP contribution in [0.2, 0.25) is 5.02 Å². The summed E-state index contributed by atoms with van der Waals surface area (Å²) in [7, 11) is 0. The van der Waals surface area contributed by atoms with Gasteiger partial charge in [-0.2, -0.15) is 11.8 Å². The lowest BCUT2D eigenvalue weighted by molar-refractivity contribution is -0.146. The zero-order valence-corrected chi connectivity index (χ0v) is 26.1. The van der Waals surface area contributed by atoms with Gasteiger partial charge in [0.25, 0.3) is 5.91 Å². The summed E-state index contributed by atoms with van der Waals surface area (Å²) in [6, 6.07) is 10.3. The summed E-state index contributed by atoms with van der Waals surface area (Å²) >= 11 is 7.99. The van der Waals surface area contributed by atoms with E-state index in [1.165, 1.54) is 4.90 Å². The highest BCUT2D eigenvalue weighted by Gasteiger charge is 2.42. The SMILES string of the molecule is C#Cc1ccccc1C(C(=O)Nc1c(C)cccc1Cl)N(C(=O)C(CCSC)NC(=O)OC(C)(C)C)C(C)(C)C. The number of thioether (sulfide) groups is 1. The molecule has 216 valence electrons. The van der Waals surface area contributed by atoms with Crippen LogP contribution in [-0.4, -0.2) is 52.0 Å². The third kappa shape index (κ3) is 8.94. The largest absolute Gasteiger partial charge is 0.444 e. The van der Waals surface area contributed by atoms with Gasteiger partial charge in [0.15, 0.2) is 0 Å². The highest BCUT2D eigenvalue weighted by atomic mass is 35.5. The van der Waals surface area contributed by atoms with Crippen molar-refractivity contribution in [2.45, 2.75) is 78.1 Å². The maximum atomic E-state index is 14.4. The monoisotopic (exact) mass is 585 g/mol. The van der Waals surface area contributed by atoms with Crippen LogP contribution in [0.4, 0.5) is 10.5 Å². The smallest absolute Gasteiger partial charge is 0.408 e. The summed E-state index contributed by atoms with van der Waals surface area (Å²) in [5.41, 5.74) is 0.566. The molecule has 2 aromatic carbocycles. The van der Waals surface area contributed by atoms with Crippen molar-refractivity contribution in [3.8, 4) is 12.3 Å². The highest BCUT2D eigenvalue weighted by molar-refractivity contribution is 7.98. The molecule has 0 aliphatic rings. The number of alkyl carbamates (subject to hydrolysis) is 1. The molecule has 0 aromatic heterocycles. The molecule has 0 aliphatic heterocycles. The average molecular weight is 586 g/mol. The van der Waals surface area contributed by atoms with Gasteiger partial charge in [-0.1, -0.05) is 47.9 Å². The molecule has 3 amide bonds. The van der Waals surface area contributed by atoms with E-state index in [0.29, 0.717) is 34.0 Å². The molecule has 0 saturated carbocycles. The summed E-state index contributed by atoms with van der Waals surface area (Å²) < 4.78 is 5.45. The number of carbonyl (C=O) groups is 3. The molecule has 9 heteroatoms. The lowest BCUT2D eigenvalue weighted by Crippen LogP contribution is -2.58. The fourth-order valence-electron chi connectivity index (χ4n) is 4.20. The first-order valence-corrected chi connectivity index (χ1v) is 14.8. The Kier molecular flexibility index (Phi) is 11.5. The fourth-order valence-corrected chi connectivity index (χ4v) is 4.94. The van der Waals surface area contributed by atoms with Gasteiger partial charge in [0.1, 0.15) is 17.7 Å². The van der Waals surface area contributed by atoms with Crippen molar-refractivity contribution >= 4 is 47.0 Å². The molecule has 0 aliphatic carbocycles. The molecule has 7 nitrogen and oxygen atoms in total. The second-order valence-corrected chi connectivity index (χ2v) is 12.8. The summed E-state index contributed by atoms with van der Waals surface area (Å²) in [5, 5.41) is 6.05. The number of para-hydroxylation sites is 1. The molecule has 2 aromatic rings. The number of halogens is 1. The van der Waals surface area contributed by atoms with Crippen molar-refractivity contribution in [3.05, 3.63) is 64.2 Å². The van der Waals surface area contributed by atoms with E-state index in [2.05, 4.69) is 16.6 Å². The molecule has 0 heterocycles. The third-order valence-corrected chi connectivity index (χ3v) is 6.91. The Labute approximate surface area is 247 Å². The van der Waals surface area contributed by atoms with E-state index in [1.54, 1.807) is 68.9 Å². The molecular formula is C31H40ClN3O4S. The first-order chi connectivity index (χ1) is 18.6. The normalized spacial score (nSPS) is 13.0. The summed E-state index contributed by atoms with van der Waals surface area (Å²) in [6.45, 7) is 12.6. The molecule has 0 radical (unpaired) electrons. The molecule has 2 N–H and O–H groups in total. The summed E-state index contributed by atoms with van der Waals surface area (Å²) in [5.74, 6) is 2.33. The summed E-state index contributed by atoms with van der Waals surface area (Å²) in [6.07, 6.45) is 7.38. The zero-order chi connectivity index (χ0) is 30.3. The quantitative estimate of drug-likeness (QED) is 0.324. The van der Waals surface area contributed by atoms with Crippen LogP contribution >= 0.6 is 23.4 Å². The molecule has 2 atom stereocenters. The molecule has 0 fully saturated rings. The number of hydrogen-bond donors (Lipinski definition) is 2. The Morgan fingerprint density at radius 1 is 1.07 bits per heavy atom. The second-order valence-electron chi connectivity index (χ2n) is 11.4. The lowest BCUT2D eigenvalue weighted by Gasteiger charge is -2.43. The number of hydrogen-bond acceptors (Lipinski definition) is 5. The number of ether oxygens (including phenoxy) is 1. The predicted octanol–water partition coefficient (Wildman–Crippen LogP) is 6.58. The van der Waals surface area contributed by atoms with Crippen LogP contribution in [0.1, 0.15) is 70.7 Å². The Morgan fingerprint density at radius 2 is 1.73 bits per heavy atom. The van der Waals surface area contributed by atoms with E-state index in [9.17, 15) is 14.4 Å². The van der Waals surface area contributed by atoms with E-state index < -0.39 is 41.1 Å². The van der Waals surface area contributed by atoms with Gasteiger partial charge in [0.05, 0.1) is 10.7 Å². The molecule has 40 heavy (non-hydrogen) atoms. The van der Waals surface area contributed by atoms with Crippen LogP contribution in [0, 0.1) is 19.3 Å². The van der Waals surface area contributed by atoms with Gasteiger partial charge in [0, 0.05) is 11.1 Å². The Hall–Kier alpha value is -3.15. The van der Waals surface area contributed by atoms with E-state index in [4.69, 9.17) is 22.8 Å². The number of rotatable bonds is 9. The third-order valence-electron chi connectivity index (χ3n) is 5.95. The predicted molar refractivity (Wildman–Crippen MR) is 165 cm³/mol. The minimum absolute atomic E-state index is 0.334. The maximum Gasteiger partial charge on any atom is 0.408 e. The zero-order valence-electron chi connectivity index (χ0n) is 24.6. The summed E-state index contributed by atoms with van der Waals surface area (Å²) in [4.78, 5) is 42.8. The number of aryl methyl sites for hydroxylation is 1. The number of anilines is 1. The van der Waals surface area contributed by atoms with Gasteiger partial charge in [-0.05, 0) is 90.2 Å². The number of benzene rings is 2. The minimum atomic E-state index is -1.13. The van der Waals surface area contributed by atoms with Gasteiger partial charge in [-0.3, -0.25) is 9.59 Å². The topological polar surface area (TPSA) is 87.7 Å². The van der Waals surface area contributed by atoms with Gasteiger partial charge in [0.2, 0.25) is 5.91 Å². The van der Waals surface area contributed by atoms with E-state index in [1.807, 2.05) is 40.0 Å². The highest BCUT2D eigenvalue weighted by Crippen LogP contribution is 2.34. The van der Waals surface area contributed by atoms with Gasteiger partial charge in [-0.25, -0.2) is 4.79 Å². The standard InChI is InChI=1S/C31H40ClN3O4S/c1-10-21-15-11-12-16-22(21)26(27(36)34-25-20(2)14-13-17-23(25)32)35(30(3,4)5)28(37)24(18-19-40-9)33-29(38)39-31(6,7)8/h1,11-17,24,26H,18-19H2,2-9H3,(H,33,38)(H,34,36). The van der Waals surface area contributed by atoms with E-state index >= 15 is 0 Å². The molecule has 2 unspecified atom stereocenters. The van der Waals surface area contributed by atoms with Crippen LogP contribution in [0.25, 0.3) is 0 Å².